The van der Waals surface area contributed by atoms with Crippen LogP contribution < -0.4 is 10.1 Å². The van der Waals surface area contributed by atoms with Gasteiger partial charge in [0.1, 0.15) is 5.75 Å². The molecule has 1 aliphatic rings. The van der Waals surface area contributed by atoms with Crippen LogP contribution in [0.2, 0.25) is 0 Å². The van der Waals surface area contributed by atoms with Gasteiger partial charge in [0, 0.05) is 38.8 Å². The van der Waals surface area contributed by atoms with Crippen LogP contribution in [0.15, 0.2) is 18.2 Å². The van der Waals surface area contributed by atoms with Crippen LogP contribution in [0.3, 0.4) is 0 Å². The molecule has 0 spiro atoms. The first kappa shape index (κ1) is 20.9. The molecular formula is C21H29N5O3. The number of rotatable bonds is 5. The molecule has 2 amide bonds. The number of benzene rings is 1. The number of anilines is 1. The van der Waals surface area contributed by atoms with Gasteiger partial charge in [0.25, 0.3) is 5.91 Å². The van der Waals surface area contributed by atoms with Gasteiger partial charge in [-0.05, 0) is 38.5 Å². The maximum absolute atomic E-state index is 12.8. The van der Waals surface area contributed by atoms with Gasteiger partial charge in [-0.15, -0.1) is 0 Å². The number of ether oxygens (including phenoxy) is 1. The minimum atomic E-state index is -0.0627. The van der Waals surface area contributed by atoms with E-state index in [-0.39, 0.29) is 11.8 Å². The second-order valence-electron chi connectivity index (χ2n) is 7.47. The molecule has 0 saturated carbocycles. The molecule has 156 valence electrons. The lowest BCUT2D eigenvalue weighted by Crippen LogP contribution is -2.50. The Hall–Kier alpha value is -2.87. The van der Waals surface area contributed by atoms with Crippen LogP contribution in [0.1, 0.15) is 27.3 Å². The fourth-order valence-corrected chi connectivity index (χ4v) is 3.58. The normalized spacial score (nSPS) is 14.7. The van der Waals surface area contributed by atoms with Crippen molar-refractivity contribution in [1.29, 1.82) is 0 Å². The van der Waals surface area contributed by atoms with E-state index >= 15 is 0 Å². The number of methoxy groups -OCH3 is 1. The van der Waals surface area contributed by atoms with E-state index in [0.717, 1.165) is 22.6 Å². The maximum atomic E-state index is 12.8. The Balaban J connectivity index is 1.53. The Morgan fingerprint density at radius 3 is 2.41 bits per heavy atom. The summed E-state index contributed by atoms with van der Waals surface area (Å²) in [6.07, 6.45) is 0. The monoisotopic (exact) mass is 399 g/mol. The van der Waals surface area contributed by atoms with Crippen LogP contribution in [0.5, 0.6) is 5.75 Å². The number of nitrogens with one attached hydrogen (secondary N) is 1. The van der Waals surface area contributed by atoms with E-state index < -0.39 is 0 Å². The Morgan fingerprint density at radius 2 is 1.83 bits per heavy atom. The van der Waals surface area contributed by atoms with Gasteiger partial charge in [0.15, 0.2) is 0 Å². The van der Waals surface area contributed by atoms with Gasteiger partial charge in [0.2, 0.25) is 5.91 Å². The number of carbonyl (C=O) groups is 2. The van der Waals surface area contributed by atoms with Crippen LogP contribution in [0.25, 0.3) is 0 Å². The number of hydrogen-bond acceptors (Lipinski definition) is 5. The molecule has 1 saturated heterocycles. The number of aryl methyl sites for hydroxylation is 3. The lowest BCUT2D eigenvalue weighted by Gasteiger charge is -2.34. The fourth-order valence-electron chi connectivity index (χ4n) is 3.58. The summed E-state index contributed by atoms with van der Waals surface area (Å²) < 4.78 is 7.08. The molecule has 8 heteroatoms. The van der Waals surface area contributed by atoms with E-state index in [1.807, 2.05) is 44.9 Å². The topological polar surface area (TPSA) is 79.7 Å². The van der Waals surface area contributed by atoms with Crippen LogP contribution in [-0.2, 0) is 11.8 Å². The summed E-state index contributed by atoms with van der Waals surface area (Å²) in [5, 5.41) is 7.29. The third-order valence-electron chi connectivity index (χ3n) is 5.46. The lowest BCUT2D eigenvalue weighted by atomic mass is 10.1. The lowest BCUT2D eigenvalue weighted by molar-refractivity contribution is -0.117. The van der Waals surface area contributed by atoms with Gasteiger partial charge in [-0.1, -0.05) is 6.07 Å². The van der Waals surface area contributed by atoms with E-state index in [1.54, 1.807) is 17.9 Å². The molecule has 29 heavy (non-hydrogen) atoms. The molecule has 0 radical (unpaired) electrons. The molecule has 0 aliphatic carbocycles. The quantitative estimate of drug-likeness (QED) is 0.829. The van der Waals surface area contributed by atoms with Gasteiger partial charge >= 0.3 is 0 Å². The first-order valence-electron chi connectivity index (χ1n) is 9.76. The van der Waals surface area contributed by atoms with E-state index in [4.69, 9.17) is 4.74 Å². The molecule has 2 aromatic rings. The highest BCUT2D eigenvalue weighted by Gasteiger charge is 2.24. The number of carbonyl (C=O) groups excluding carboxylic acids is 2. The van der Waals surface area contributed by atoms with Crippen LogP contribution >= 0.6 is 0 Å². The third-order valence-corrected chi connectivity index (χ3v) is 5.46. The van der Waals surface area contributed by atoms with E-state index in [9.17, 15) is 9.59 Å². The van der Waals surface area contributed by atoms with Gasteiger partial charge in [-0.2, -0.15) is 5.10 Å². The summed E-state index contributed by atoms with van der Waals surface area (Å²) in [6.45, 7) is 8.56. The second kappa shape index (κ2) is 8.65. The van der Waals surface area contributed by atoms with Crippen molar-refractivity contribution in [2.75, 3.05) is 45.2 Å². The second-order valence-corrected chi connectivity index (χ2v) is 7.47. The Kier molecular flexibility index (Phi) is 6.22. The molecule has 1 aromatic heterocycles. The highest BCUT2D eigenvalue weighted by molar-refractivity contribution is 5.95. The number of piperazine rings is 1. The zero-order chi connectivity index (χ0) is 21.1. The van der Waals surface area contributed by atoms with Crippen molar-refractivity contribution >= 4 is 17.5 Å². The van der Waals surface area contributed by atoms with Gasteiger partial charge < -0.3 is 15.0 Å². The molecule has 0 bridgehead atoms. The zero-order valence-electron chi connectivity index (χ0n) is 17.8. The molecule has 8 nitrogen and oxygen atoms in total. The number of hydrogen-bond donors (Lipinski definition) is 1. The van der Waals surface area contributed by atoms with E-state index in [0.29, 0.717) is 44.0 Å². The molecular weight excluding hydrogens is 370 g/mol. The van der Waals surface area contributed by atoms with E-state index in [1.165, 1.54) is 0 Å². The predicted molar refractivity (Wildman–Crippen MR) is 111 cm³/mol. The van der Waals surface area contributed by atoms with Gasteiger partial charge in [-0.25, -0.2) is 0 Å². The van der Waals surface area contributed by atoms with Gasteiger partial charge in [0.05, 0.1) is 30.7 Å². The van der Waals surface area contributed by atoms with Crippen molar-refractivity contribution in [1.82, 2.24) is 19.6 Å². The molecule has 1 aromatic carbocycles. The Morgan fingerprint density at radius 1 is 1.14 bits per heavy atom. The minimum Gasteiger partial charge on any atom is -0.496 e. The van der Waals surface area contributed by atoms with Gasteiger partial charge in [-0.3, -0.25) is 19.2 Å². The van der Waals surface area contributed by atoms with Crippen molar-refractivity contribution in [3.8, 4) is 5.75 Å². The SMILES string of the molecule is COc1cc(C(=O)N2CCN(CC(=O)Nc3c(C)nn(C)c3C)CC2)ccc1C. The summed E-state index contributed by atoms with van der Waals surface area (Å²) in [5.41, 5.74) is 4.14. The first-order valence-corrected chi connectivity index (χ1v) is 9.76. The average molecular weight is 399 g/mol. The smallest absolute Gasteiger partial charge is 0.254 e. The summed E-state index contributed by atoms with van der Waals surface area (Å²) in [6, 6.07) is 5.52. The maximum Gasteiger partial charge on any atom is 0.254 e. The average Bonchev–Trinajstić information content (AvgIpc) is 2.94. The molecule has 2 heterocycles. The van der Waals surface area contributed by atoms with Crippen molar-refractivity contribution in [3.05, 3.63) is 40.7 Å². The Labute approximate surface area is 171 Å². The number of aromatic nitrogens is 2. The molecule has 1 aliphatic heterocycles. The molecule has 0 unspecified atom stereocenters. The fraction of sp³-hybridized carbons (Fsp3) is 0.476. The summed E-state index contributed by atoms with van der Waals surface area (Å²) in [5.74, 6) is 0.647. The van der Waals surface area contributed by atoms with Crippen LogP contribution in [0, 0.1) is 20.8 Å². The van der Waals surface area contributed by atoms with Crippen molar-refractivity contribution in [2.45, 2.75) is 20.8 Å². The number of amides is 2. The summed E-state index contributed by atoms with van der Waals surface area (Å²) in [7, 11) is 3.47. The van der Waals surface area contributed by atoms with Crippen LogP contribution in [0.4, 0.5) is 5.69 Å². The zero-order valence-corrected chi connectivity index (χ0v) is 17.8. The summed E-state index contributed by atoms with van der Waals surface area (Å²) >= 11 is 0. The highest BCUT2D eigenvalue weighted by Crippen LogP contribution is 2.21. The van der Waals surface area contributed by atoms with E-state index in [2.05, 4.69) is 15.3 Å². The minimum absolute atomic E-state index is 0.00555. The highest BCUT2D eigenvalue weighted by atomic mass is 16.5. The molecule has 0 atom stereocenters. The van der Waals surface area contributed by atoms with Crippen molar-refractivity contribution in [2.24, 2.45) is 7.05 Å². The van der Waals surface area contributed by atoms with Crippen molar-refractivity contribution in [3.63, 3.8) is 0 Å². The summed E-state index contributed by atoms with van der Waals surface area (Å²) in [4.78, 5) is 29.1. The molecule has 3 rings (SSSR count). The van der Waals surface area contributed by atoms with Crippen molar-refractivity contribution < 1.29 is 14.3 Å². The predicted octanol–water partition coefficient (Wildman–Crippen LogP) is 1.75. The largest absolute Gasteiger partial charge is 0.496 e. The number of nitrogens with zero attached hydrogens (tertiary/aromatic N) is 4. The standard InChI is InChI=1S/C21H29N5O3/c1-14-6-7-17(12-18(14)29-5)21(28)26-10-8-25(9-11-26)13-19(27)22-20-15(2)23-24(4)16(20)3/h6-7,12H,8-11,13H2,1-5H3,(H,22,27). The third kappa shape index (κ3) is 4.59. The van der Waals surface area contributed by atoms with Crippen LogP contribution in [-0.4, -0.2) is 71.2 Å². The Bertz CT molecular complexity index is 913. The first-order chi connectivity index (χ1) is 13.8. The molecule has 1 fully saturated rings. The molecule has 1 N–H and O–H groups in total.